The molecular formula is C22H15F3N4O2. The highest BCUT2D eigenvalue weighted by atomic mass is 19.2. The average Bonchev–Trinajstić information content (AvgIpc) is 3.21. The zero-order valence-corrected chi connectivity index (χ0v) is 16.0. The molecule has 1 amide bonds. The number of aromatic amines is 1. The molecule has 0 spiro atoms. The third-order valence-corrected chi connectivity index (χ3v) is 5.40. The van der Waals surface area contributed by atoms with Gasteiger partial charge in [0, 0.05) is 41.5 Å². The molecule has 0 saturated carbocycles. The first kappa shape index (κ1) is 19.1. The zero-order valence-electron chi connectivity index (χ0n) is 16.0. The van der Waals surface area contributed by atoms with Crippen LogP contribution in [-0.4, -0.2) is 31.7 Å². The molecule has 9 heteroatoms. The van der Waals surface area contributed by atoms with Gasteiger partial charge in [-0.3, -0.25) is 9.20 Å². The zero-order chi connectivity index (χ0) is 21.7. The minimum Gasteiger partial charge on any atom is -0.334 e. The SMILES string of the molecule is O=C(c1ccc(F)c(F)c1)N1CCc2[nH]c(=O)n3cc(-c4ccccc4F)nc3c2C1. The molecule has 4 aromatic rings. The van der Waals surface area contributed by atoms with Crippen molar-refractivity contribution >= 4 is 11.6 Å². The maximum absolute atomic E-state index is 14.2. The first-order valence-electron chi connectivity index (χ1n) is 9.55. The van der Waals surface area contributed by atoms with E-state index >= 15 is 0 Å². The van der Waals surface area contributed by atoms with Crippen molar-refractivity contribution in [2.45, 2.75) is 13.0 Å². The van der Waals surface area contributed by atoms with Gasteiger partial charge in [0.05, 0.1) is 12.2 Å². The second-order valence-corrected chi connectivity index (χ2v) is 7.29. The summed E-state index contributed by atoms with van der Waals surface area (Å²) in [7, 11) is 0. The van der Waals surface area contributed by atoms with E-state index in [1.165, 1.54) is 27.6 Å². The quantitative estimate of drug-likeness (QED) is 0.537. The van der Waals surface area contributed by atoms with Crippen LogP contribution in [0, 0.1) is 17.5 Å². The topological polar surface area (TPSA) is 70.5 Å². The van der Waals surface area contributed by atoms with Gasteiger partial charge in [-0.2, -0.15) is 0 Å². The summed E-state index contributed by atoms with van der Waals surface area (Å²) in [5.74, 6) is -3.06. The monoisotopic (exact) mass is 424 g/mol. The highest BCUT2D eigenvalue weighted by molar-refractivity contribution is 5.94. The number of hydrogen-bond acceptors (Lipinski definition) is 3. The van der Waals surface area contributed by atoms with Gasteiger partial charge in [-0.15, -0.1) is 0 Å². The van der Waals surface area contributed by atoms with Gasteiger partial charge in [0.1, 0.15) is 11.5 Å². The molecule has 1 N–H and O–H groups in total. The van der Waals surface area contributed by atoms with Gasteiger partial charge < -0.3 is 9.88 Å². The molecule has 5 rings (SSSR count). The van der Waals surface area contributed by atoms with Gasteiger partial charge in [0.15, 0.2) is 11.6 Å². The van der Waals surface area contributed by atoms with Gasteiger partial charge >= 0.3 is 5.69 Å². The molecule has 31 heavy (non-hydrogen) atoms. The Kier molecular flexibility index (Phi) is 4.39. The van der Waals surface area contributed by atoms with Crippen LogP contribution in [-0.2, 0) is 13.0 Å². The van der Waals surface area contributed by atoms with Crippen LogP contribution >= 0.6 is 0 Å². The summed E-state index contributed by atoms with van der Waals surface area (Å²) in [4.78, 5) is 34.1. The number of aromatic nitrogens is 3. The van der Waals surface area contributed by atoms with Crippen LogP contribution in [0.2, 0.25) is 0 Å². The molecule has 1 aliphatic rings. The second kappa shape index (κ2) is 7.12. The predicted octanol–water partition coefficient (Wildman–Crippen LogP) is 3.31. The van der Waals surface area contributed by atoms with Crippen molar-refractivity contribution in [2.24, 2.45) is 0 Å². The number of carbonyl (C=O) groups excluding carboxylic acids is 1. The molecule has 1 aliphatic heterocycles. The van der Waals surface area contributed by atoms with Gasteiger partial charge in [0.2, 0.25) is 0 Å². The molecule has 0 radical (unpaired) electrons. The lowest BCUT2D eigenvalue weighted by Gasteiger charge is -2.28. The molecule has 0 atom stereocenters. The maximum Gasteiger partial charge on any atom is 0.331 e. The number of benzene rings is 2. The number of H-pyrrole nitrogens is 1. The van der Waals surface area contributed by atoms with Crippen LogP contribution < -0.4 is 5.69 Å². The van der Waals surface area contributed by atoms with E-state index in [1.54, 1.807) is 18.2 Å². The molecule has 3 heterocycles. The van der Waals surface area contributed by atoms with Crippen LogP contribution in [0.4, 0.5) is 13.2 Å². The molecule has 0 bridgehead atoms. The summed E-state index contributed by atoms with van der Waals surface area (Å²) in [6.45, 7) is 0.402. The van der Waals surface area contributed by atoms with E-state index in [9.17, 15) is 22.8 Å². The van der Waals surface area contributed by atoms with E-state index in [0.29, 0.717) is 29.0 Å². The second-order valence-electron chi connectivity index (χ2n) is 7.29. The third kappa shape index (κ3) is 3.18. The molecular weight excluding hydrogens is 409 g/mol. The highest BCUT2D eigenvalue weighted by Gasteiger charge is 2.26. The number of amides is 1. The lowest BCUT2D eigenvalue weighted by molar-refractivity contribution is 0.0733. The summed E-state index contributed by atoms with van der Waals surface area (Å²) < 4.78 is 42.3. The lowest BCUT2D eigenvalue weighted by Crippen LogP contribution is -2.38. The first-order chi connectivity index (χ1) is 14.9. The molecule has 0 fully saturated rings. The van der Waals surface area contributed by atoms with Gasteiger partial charge in [-0.25, -0.2) is 22.9 Å². The Morgan fingerprint density at radius 1 is 1.03 bits per heavy atom. The normalized spacial score (nSPS) is 13.5. The Bertz CT molecular complexity index is 1410. The van der Waals surface area contributed by atoms with E-state index in [1.807, 2.05) is 0 Å². The summed E-state index contributed by atoms with van der Waals surface area (Å²) in [6, 6.07) is 9.10. The van der Waals surface area contributed by atoms with Crippen molar-refractivity contribution in [3.05, 3.63) is 93.4 Å². The van der Waals surface area contributed by atoms with Crippen molar-refractivity contribution in [3.8, 4) is 11.3 Å². The number of imidazole rings is 1. The largest absolute Gasteiger partial charge is 0.334 e. The summed E-state index contributed by atoms with van der Waals surface area (Å²) in [5.41, 5.74) is 1.73. The minimum absolute atomic E-state index is 0.0261. The minimum atomic E-state index is -1.10. The van der Waals surface area contributed by atoms with Crippen LogP contribution in [0.5, 0.6) is 0 Å². The van der Waals surface area contributed by atoms with Crippen LogP contribution in [0.15, 0.2) is 53.5 Å². The third-order valence-electron chi connectivity index (χ3n) is 5.40. The molecule has 2 aromatic carbocycles. The number of carbonyl (C=O) groups is 1. The van der Waals surface area contributed by atoms with Crippen molar-refractivity contribution in [2.75, 3.05) is 6.54 Å². The maximum atomic E-state index is 14.2. The Balaban J connectivity index is 1.56. The van der Waals surface area contributed by atoms with E-state index in [2.05, 4.69) is 9.97 Å². The van der Waals surface area contributed by atoms with Crippen molar-refractivity contribution in [1.29, 1.82) is 0 Å². The number of rotatable bonds is 2. The Morgan fingerprint density at radius 3 is 2.61 bits per heavy atom. The average molecular weight is 424 g/mol. The Hall–Kier alpha value is -3.88. The number of halogens is 3. The van der Waals surface area contributed by atoms with Crippen LogP contribution in [0.3, 0.4) is 0 Å². The number of nitrogens with zero attached hydrogens (tertiary/aromatic N) is 3. The lowest BCUT2D eigenvalue weighted by atomic mass is 10.1. The summed E-state index contributed by atoms with van der Waals surface area (Å²) in [5, 5.41) is 0. The highest BCUT2D eigenvalue weighted by Crippen LogP contribution is 2.26. The van der Waals surface area contributed by atoms with Gasteiger partial charge in [-0.05, 0) is 30.3 Å². The van der Waals surface area contributed by atoms with Crippen LogP contribution in [0.25, 0.3) is 16.9 Å². The number of hydrogen-bond donors (Lipinski definition) is 1. The fourth-order valence-corrected chi connectivity index (χ4v) is 3.83. The van der Waals surface area contributed by atoms with Crippen LogP contribution in [0.1, 0.15) is 21.6 Å². The van der Waals surface area contributed by atoms with E-state index in [4.69, 9.17) is 0 Å². The first-order valence-corrected chi connectivity index (χ1v) is 9.55. The Morgan fingerprint density at radius 2 is 1.84 bits per heavy atom. The fourth-order valence-electron chi connectivity index (χ4n) is 3.83. The molecule has 0 saturated heterocycles. The standard InChI is InChI=1S/C22H15F3N4O2/c23-15-4-2-1-3-13(15)19-11-29-20(26-19)14-10-28(8-7-18(14)27-22(29)31)21(30)12-5-6-16(24)17(25)9-12/h1-6,9,11H,7-8,10H2,(H,27,31). The van der Waals surface area contributed by atoms with E-state index in [-0.39, 0.29) is 24.2 Å². The number of nitrogens with one attached hydrogen (secondary N) is 1. The molecule has 2 aromatic heterocycles. The molecule has 0 unspecified atom stereocenters. The summed E-state index contributed by atoms with van der Waals surface area (Å²) in [6.07, 6.45) is 1.81. The van der Waals surface area contributed by atoms with Gasteiger partial charge in [-0.1, -0.05) is 12.1 Å². The predicted molar refractivity (Wildman–Crippen MR) is 106 cm³/mol. The number of fused-ring (bicyclic) bond motifs is 3. The van der Waals surface area contributed by atoms with Crippen molar-refractivity contribution in [1.82, 2.24) is 19.3 Å². The molecule has 156 valence electrons. The van der Waals surface area contributed by atoms with Crippen molar-refractivity contribution < 1.29 is 18.0 Å². The Labute approximate surface area is 173 Å². The van der Waals surface area contributed by atoms with Gasteiger partial charge in [0.25, 0.3) is 5.91 Å². The smallest absolute Gasteiger partial charge is 0.331 e. The molecule has 0 aliphatic carbocycles. The van der Waals surface area contributed by atoms with E-state index in [0.717, 1.165) is 12.1 Å². The van der Waals surface area contributed by atoms with Crippen molar-refractivity contribution in [3.63, 3.8) is 0 Å². The fraction of sp³-hybridized carbons (Fsp3) is 0.136. The van der Waals surface area contributed by atoms with E-state index < -0.39 is 29.0 Å². The summed E-state index contributed by atoms with van der Waals surface area (Å²) >= 11 is 0. The molecule has 6 nitrogen and oxygen atoms in total.